The van der Waals surface area contributed by atoms with Gasteiger partial charge < -0.3 is 9.40 Å². The van der Waals surface area contributed by atoms with Crippen LogP contribution in [0.3, 0.4) is 0 Å². The quantitative estimate of drug-likeness (QED) is 0.149. The van der Waals surface area contributed by atoms with Gasteiger partial charge >= 0.3 is 0 Å². The lowest BCUT2D eigenvalue weighted by Gasteiger charge is -2.36. The smallest absolute Gasteiger partial charge is 0.270 e. The Kier molecular flexibility index (Phi) is 6.38. The van der Waals surface area contributed by atoms with Gasteiger partial charge in [0.25, 0.3) is 11.8 Å². The normalized spacial score (nSPS) is 15.1. The number of rotatable bonds is 5. The van der Waals surface area contributed by atoms with Gasteiger partial charge in [0.15, 0.2) is 15.4 Å². The summed E-state index contributed by atoms with van der Waals surface area (Å²) in [6, 6.07) is 26.0. The maximum Gasteiger partial charge on any atom is 0.270 e. The summed E-state index contributed by atoms with van der Waals surface area (Å²) in [4.78, 5) is 38.1. The summed E-state index contributed by atoms with van der Waals surface area (Å²) in [5.74, 6) is -0.659. The lowest BCUT2D eigenvalue weighted by atomic mass is 10.1. The highest BCUT2D eigenvalue weighted by Gasteiger charge is 2.41. The average Bonchev–Trinajstić information content (AvgIpc) is 3.55. The number of anilines is 2. The zero-order valence-electron chi connectivity index (χ0n) is 21.0. The van der Waals surface area contributed by atoms with Crippen LogP contribution in [-0.2, 0) is 9.59 Å². The lowest BCUT2D eigenvalue weighted by molar-refractivity contribution is -0.120. The molecule has 6 rings (SSSR count). The Bertz CT molecular complexity index is 1760. The minimum absolute atomic E-state index is 0.0553. The molecule has 9 heteroatoms. The van der Waals surface area contributed by atoms with Crippen molar-refractivity contribution in [3.8, 4) is 0 Å². The molecule has 0 atom stereocenters. The maximum atomic E-state index is 13.8. The first-order valence-electron chi connectivity index (χ1n) is 12.2. The fourth-order valence-electron chi connectivity index (χ4n) is 4.31. The van der Waals surface area contributed by atoms with Gasteiger partial charge in [-0.25, -0.2) is 4.98 Å². The monoisotopic (exact) mass is 550 g/mol. The Morgan fingerprint density at radius 3 is 2.31 bits per heavy atom. The van der Waals surface area contributed by atoms with Crippen LogP contribution in [0.4, 0.5) is 11.4 Å². The van der Waals surface area contributed by atoms with Crippen molar-refractivity contribution >= 4 is 69.4 Å². The second kappa shape index (κ2) is 10.0. The van der Waals surface area contributed by atoms with E-state index in [9.17, 15) is 9.59 Å². The number of benzene rings is 3. The van der Waals surface area contributed by atoms with E-state index >= 15 is 0 Å². The standard InChI is InChI=1S/C30H22N4O3S2/c1-18-12-13-21(16-19(18)2)34-28(36)23(27(35)33(30(34)38)20-8-4-3-5-9-20)17-22-14-15-26(37-22)39-29-31-24-10-6-7-11-25(24)32-29/h3-17H,1-2H3,(H,31,32)/b23-17-. The number of hydrogen-bond donors (Lipinski definition) is 1. The molecule has 2 aromatic heterocycles. The van der Waals surface area contributed by atoms with Gasteiger partial charge in [-0.3, -0.25) is 19.4 Å². The molecule has 7 nitrogen and oxygen atoms in total. The summed E-state index contributed by atoms with van der Waals surface area (Å²) in [5.41, 5.74) is 4.99. The van der Waals surface area contributed by atoms with Crippen LogP contribution >= 0.6 is 24.0 Å². The molecule has 192 valence electrons. The molecule has 3 aromatic carbocycles. The number of carbonyl (C=O) groups excluding carboxylic acids is 2. The van der Waals surface area contributed by atoms with E-state index in [0.717, 1.165) is 22.2 Å². The number of carbonyl (C=O) groups is 2. The van der Waals surface area contributed by atoms with Crippen molar-refractivity contribution in [2.24, 2.45) is 0 Å². The summed E-state index contributed by atoms with van der Waals surface area (Å²) in [6.07, 6.45) is 1.47. The number of aromatic nitrogens is 2. The van der Waals surface area contributed by atoms with Crippen molar-refractivity contribution < 1.29 is 14.0 Å². The lowest BCUT2D eigenvalue weighted by Crippen LogP contribution is -2.57. The topological polar surface area (TPSA) is 82.4 Å². The number of thiocarbonyl (C=S) groups is 1. The summed E-state index contributed by atoms with van der Waals surface area (Å²) >= 11 is 7.03. The highest BCUT2D eigenvalue weighted by molar-refractivity contribution is 7.99. The fourth-order valence-corrected chi connectivity index (χ4v) is 5.45. The molecule has 1 aliphatic heterocycles. The molecule has 2 amide bonds. The van der Waals surface area contributed by atoms with E-state index in [0.29, 0.717) is 27.4 Å². The number of nitrogens with zero attached hydrogens (tertiary/aromatic N) is 3. The molecule has 0 unspecified atom stereocenters. The Labute approximate surface area is 234 Å². The first kappa shape index (κ1) is 24.8. The molecule has 1 aliphatic rings. The third kappa shape index (κ3) is 4.67. The summed E-state index contributed by atoms with van der Waals surface area (Å²) in [5, 5.41) is 1.34. The van der Waals surface area contributed by atoms with Gasteiger partial charge in [-0.05, 0) is 104 Å². The second-order valence-electron chi connectivity index (χ2n) is 9.04. The summed E-state index contributed by atoms with van der Waals surface area (Å²) in [7, 11) is 0. The van der Waals surface area contributed by atoms with Crippen LogP contribution in [0.25, 0.3) is 17.1 Å². The molecule has 0 aliphatic carbocycles. The molecule has 1 fully saturated rings. The third-order valence-corrected chi connectivity index (χ3v) is 7.64. The first-order valence-corrected chi connectivity index (χ1v) is 13.4. The van der Waals surface area contributed by atoms with Gasteiger partial charge in [0.2, 0.25) is 0 Å². The van der Waals surface area contributed by atoms with Gasteiger partial charge in [-0.2, -0.15) is 0 Å². The van der Waals surface area contributed by atoms with Crippen LogP contribution in [0.15, 0.2) is 105 Å². The van der Waals surface area contributed by atoms with Crippen LogP contribution in [0.5, 0.6) is 0 Å². The van der Waals surface area contributed by atoms with Crippen molar-refractivity contribution in [2.45, 2.75) is 24.1 Å². The Morgan fingerprint density at radius 2 is 1.56 bits per heavy atom. The van der Waals surface area contributed by atoms with Crippen molar-refractivity contribution in [3.63, 3.8) is 0 Å². The van der Waals surface area contributed by atoms with E-state index in [-0.39, 0.29) is 10.7 Å². The number of furan rings is 1. The van der Waals surface area contributed by atoms with Gasteiger partial charge in [0.05, 0.1) is 22.4 Å². The Hall–Kier alpha value is -4.47. The van der Waals surface area contributed by atoms with E-state index in [4.69, 9.17) is 16.6 Å². The van der Waals surface area contributed by atoms with E-state index in [1.807, 2.05) is 74.5 Å². The maximum absolute atomic E-state index is 13.8. The number of nitrogens with one attached hydrogen (secondary N) is 1. The fraction of sp³-hybridized carbons (Fsp3) is 0.0667. The van der Waals surface area contributed by atoms with Crippen molar-refractivity contribution in [2.75, 3.05) is 9.80 Å². The molecule has 0 bridgehead atoms. The SMILES string of the molecule is Cc1ccc(N2C(=O)/C(=C\c3ccc(Sc4nc5ccccc5[nH]4)o3)C(=O)N(c3ccccc3)C2=S)cc1C. The van der Waals surface area contributed by atoms with Crippen LogP contribution in [-0.4, -0.2) is 26.9 Å². The zero-order valence-corrected chi connectivity index (χ0v) is 22.7. The number of imidazole rings is 1. The molecule has 0 saturated carbocycles. The van der Waals surface area contributed by atoms with Crippen molar-refractivity contribution in [3.05, 3.63) is 107 Å². The number of aryl methyl sites for hydroxylation is 2. The van der Waals surface area contributed by atoms with Crippen LogP contribution in [0, 0.1) is 13.8 Å². The Morgan fingerprint density at radius 1 is 0.846 bits per heavy atom. The van der Waals surface area contributed by atoms with Crippen molar-refractivity contribution in [1.29, 1.82) is 0 Å². The Balaban J connectivity index is 1.37. The molecule has 39 heavy (non-hydrogen) atoms. The van der Waals surface area contributed by atoms with E-state index in [2.05, 4.69) is 9.97 Å². The van der Waals surface area contributed by atoms with E-state index in [1.54, 1.807) is 24.3 Å². The number of fused-ring (bicyclic) bond motifs is 1. The largest absolute Gasteiger partial charge is 0.450 e. The number of aromatic amines is 1. The van der Waals surface area contributed by atoms with Crippen LogP contribution < -0.4 is 9.80 Å². The summed E-state index contributed by atoms with van der Waals surface area (Å²) < 4.78 is 5.98. The van der Waals surface area contributed by atoms with Crippen molar-refractivity contribution in [1.82, 2.24) is 9.97 Å². The molecule has 0 spiro atoms. The molecule has 0 radical (unpaired) electrons. The van der Waals surface area contributed by atoms with Gasteiger partial charge in [0.1, 0.15) is 11.3 Å². The number of amides is 2. The molecule has 3 heterocycles. The van der Waals surface area contributed by atoms with Crippen LogP contribution in [0.2, 0.25) is 0 Å². The number of H-pyrrole nitrogens is 1. The zero-order chi connectivity index (χ0) is 27.1. The predicted octanol–water partition coefficient (Wildman–Crippen LogP) is 6.67. The minimum atomic E-state index is -0.515. The van der Waals surface area contributed by atoms with Gasteiger partial charge in [-0.1, -0.05) is 36.4 Å². The molecule has 5 aromatic rings. The molecular weight excluding hydrogens is 528 g/mol. The van der Waals surface area contributed by atoms with Crippen LogP contribution in [0.1, 0.15) is 16.9 Å². The minimum Gasteiger partial charge on any atom is -0.450 e. The number of para-hydroxylation sites is 3. The molecule has 1 N–H and O–H groups in total. The first-order chi connectivity index (χ1) is 18.9. The predicted molar refractivity (Wildman–Crippen MR) is 157 cm³/mol. The van der Waals surface area contributed by atoms with Gasteiger partial charge in [-0.15, -0.1) is 0 Å². The highest BCUT2D eigenvalue weighted by atomic mass is 32.2. The van der Waals surface area contributed by atoms with E-state index < -0.39 is 11.8 Å². The second-order valence-corrected chi connectivity index (χ2v) is 10.4. The third-order valence-electron chi connectivity index (χ3n) is 6.47. The molecule has 1 saturated heterocycles. The van der Waals surface area contributed by atoms with Gasteiger partial charge in [0, 0.05) is 0 Å². The molecular formula is C30H22N4O3S2. The van der Waals surface area contributed by atoms with E-state index in [1.165, 1.54) is 27.6 Å². The number of hydrogen-bond acceptors (Lipinski definition) is 6. The highest BCUT2D eigenvalue weighted by Crippen LogP contribution is 2.33. The summed E-state index contributed by atoms with van der Waals surface area (Å²) in [6.45, 7) is 3.97. The average molecular weight is 551 g/mol.